The van der Waals surface area contributed by atoms with Gasteiger partial charge in [-0.3, -0.25) is 4.90 Å². The van der Waals surface area contributed by atoms with Gasteiger partial charge in [0.15, 0.2) is 0 Å². The molecule has 156 valence electrons. The predicted molar refractivity (Wildman–Crippen MR) is 113 cm³/mol. The lowest BCUT2D eigenvalue weighted by atomic mass is 9.99. The third-order valence-electron chi connectivity index (χ3n) is 5.90. The molecule has 1 aromatic rings. The molecule has 0 saturated heterocycles. The van der Waals surface area contributed by atoms with Gasteiger partial charge in [-0.15, -0.1) is 0 Å². The average Bonchev–Trinajstić information content (AvgIpc) is 3.22. The van der Waals surface area contributed by atoms with Crippen molar-refractivity contribution in [2.75, 3.05) is 17.6 Å². The van der Waals surface area contributed by atoms with Crippen molar-refractivity contribution in [3.8, 4) is 0 Å². The zero-order chi connectivity index (χ0) is 20.5. The van der Waals surface area contributed by atoms with E-state index in [1.54, 1.807) is 0 Å². The molecule has 7 heteroatoms. The summed E-state index contributed by atoms with van der Waals surface area (Å²) in [6.45, 7) is 8.58. The van der Waals surface area contributed by atoms with E-state index in [-0.39, 0.29) is 17.8 Å². The lowest BCUT2D eigenvalue weighted by Gasteiger charge is -2.30. The number of benzene rings is 1. The maximum atomic E-state index is 12.5. The van der Waals surface area contributed by atoms with Gasteiger partial charge in [-0.05, 0) is 88.5 Å². The van der Waals surface area contributed by atoms with Crippen molar-refractivity contribution in [3.05, 3.63) is 28.3 Å². The van der Waals surface area contributed by atoms with E-state index >= 15 is 0 Å². The number of fused-ring (bicyclic) bond motifs is 2. The Hall–Kier alpha value is -1.60. The second-order valence-corrected chi connectivity index (χ2v) is 10.4. The van der Waals surface area contributed by atoms with Gasteiger partial charge >= 0.3 is 6.03 Å². The highest BCUT2D eigenvalue weighted by molar-refractivity contribution is 7.90. The van der Waals surface area contributed by atoms with E-state index in [1.165, 1.54) is 22.3 Å². The molecule has 0 aromatic heterocycles. The molecule has 2 aliphatic carbocycles. The third-order valence-corrected chi connectivity index (χ3v) is 7.12. The van der Waals surface area contributed by atoms with Crippen LogP contribution >= 0.6 is 0 Å². The fourth-order valence-corrected chi connectivity index (χ4v) is 5.52. The molecule has 0 unspecified atom stereocenters. The molecule has 6 nitrogen and oxygen atoms in total. The van der Waals surface area contributed by atoms with Crippen LogP contribution in [0.25, 0.3) is 0 Å². The molecule has 0 heterocycles. The van der Waals surface area contributed by atoms with Gasteiger partial charge in [-0.2, -0.15) is 0 Å². The molecule has 0 aliphatic heterocycles. The molecular weight excluding hydrogens is 374 g/mol. The monoisotopic (exact) mass is 407 g/mol. The SMILES string of the molecule is CC(C)N(CCS(=O)(=O)NC(=O)Nc1c2c(cc3c1CCC3)CCC2)C(C)C. The molecule has 0 fully saturated rings. The number of amides is 2. The Balaban J connectivity index is 1.68. The predicted octanol–water partition coefficient (Wildman–Crippen LogP) is 3.23. The smallest absolute Gasteiger partial charge is 0.307 e. The second-order valence-electron chi connectivity index (χ2n) is 8.53. The molecule has 2 aliphatic rings. The zero-order valence-corrected chi connectivity index (χ0v) is 18.3. The number of hydrogen-bond acceptors (Lipinski definition) is 4. The Morgan fingerprint density at radius 3 is 2.04 bits per heavy atom. The first-order valence-corrected chi connectivity index (χ1v) is 12.1. The minimum Gasteiger partial charge on any atom is -0.307 e. The van der Waals surface area contributed by atoms with E-state index in [0.29, 0.717) is 6.54 Å². The maximum Gasteiger partial charge on any atom is 0.332 e. The van der Waals surface area contributed by atoms with Gasteiger partial charge in [0.25, 0.3) is 0 Å². The van der Waals surface area contributed by atoms with Gasteiger partial charge in [0.1, 0.15) is 0 Å². The van der Waals surface area contributed by atoms with Crippen LogP contribution in [-0.4, -0.2) is 43.7 Å². The number of anilines is 1. The van der Waals surface area contributed by atoms with E-state index in [9.17, 15) is 13.2 Å². The third kappa shape index (κ3) is 4.69. The Morgan fingerprint density at radius 1 is 1.00 bits per heavy atom. The van der Waals surface area contributed by atoms with E-state index in [1.807, 2.05) is 27.7 Å². The van der Waals surface area contributed by atoms with E-state index in [2.05, 4.69) is 21.0 Å². The van der Waals surface area contributed by atoms with Gasteiger partial charge in [-0.1, -0.05) is 6.07 Å². The van der Waals surface area contributed by atoms with E-state index < -0.39 is 16.1 Å². The second kappa shape index (κ2) is 8.41. The van der Waals surface area contributed by atoms with Crippen LogP contribution in [0.2, 0.25) is 0 Å². The fraction of sp³-hybridized carbons (Fsp3) is 0.667. The van der Waals surface area contributed by atoms with Gasteiger partial charge in [-0.25, -0.2) is 17.9 Å². The van der Waals surface area contributed by atoms with Crippen molar-refractivity contribution >= 4 is 21.7 Å². The Bertz CT molecular complexity index is 807. The molecule has 2 N–H and O–H groups in total. The molecule has 3 rings (SSSR count). The maximum absolute atomic E-state index is 12.5. The average molecular weight is 408 g/mol. The summed E-state index contributed by atoms with van der Waals surface area (Å²) in [6, 6.07) is 2.14. The van der Waals surface area contributed by atoms with Crippen LogP contribution in [0.5, 0.6) is 0 Å². The van der Waals surface area contributed by atoms with Gasteiger partial charge in [0.05, 0.1) is 5.75 Å². The standard InChI is InChI=1S/C21H33N3O3S/c1-14(2)24(15(3)4)11-12-28(26,27)23-21(25)22-20-18-9-5-7-16(18)13-17-8-6-10-19(17)20/h13-15H,5-12H2,1-4H3,(H2,22,23,25). The highest BCUT2D eigenvalue weighted by Gasteiger charge is 2.26. The fourth-order valence-electron chi connectivity index (χ4n) is 4.64. The van der Waals surface area contributed by atoms with Crippen molar-refractivity contribution < 1.29 is 13.2 Å². The number of rotatable bonds is 7. The largest absolute Gasteiger partial charge is 0.332 e. The highest BCUT2D eigenvalue weighted by Crippen LogP contribution is 2.38. The summed E-state index contributed by atoms with van der Waals surface area (Å²) in [5, 5.41) is 2.89. The summed E-state index contributed by atoms with van der Waals surface area (Å²) in [5.74, 6) is -0.0955. The quantitative estimate of drug-likeness (QED) is 0.727. The highest BCUT2D eigenvalue weighted by atomic mass is 32.2. The minimum atomic E-state index is -3.69. The Kier molecular flexibility index (Phi) is 6.34. The first-order chi connectivity index (χ1) is 13.2. The molecule has 0 radical (unpaired) electrons. The van der Waals surface area contributed by atoms with Crippen LogP contribution < -0.4 is 10.0 Å². The lowest BCUT2D eigenvalue weighted by molar-refractivity contribution is 0.186. The van der Waals surface area contributed by atoms with Crippen LogP contribution in [0.15, 0.2) is 6.07 Å². The number of nitrogens with zero attached hydrogens (tertiary/aromatic N) is 1. The number of sulfonamides is 1. The van der Waals surface area contributed by atoms with Crippen molar-refractivity contribution in [2.45, 2.75) is 78.3 Å². The zero-order valence-electron chi connectivity index (χ0n) is 17.5. The Morgan fingerprint density at radius 2 is 1.54 bits per heavy atom. The van der Waals surface area contributed by atoms with Crippen LogP contribution in [0, 0.1) is 0 Å². The van der Waals surface area contributed by atoms with Crippen molar-refractivity contribution in [1.82, 2.24) is 9.62 Å². The van der Waals surface area contributed by atoms with Gasteiger partial charge in [0.2, 0.25) is 10.0 Å². The first-order valence-electron chi connectivity index (χ1n) is 10.4. The van der Waals surface area contributed by atoms with Crippen molar-refractivity contribution in [2.24, 2.45) is 0 Å². The summed E-state index contributed by atoms with van der Waals surface area (Å²) in [5.41, 5.74) is 5.87. The molecular formula is C21H33N3O3S. The number of aryl methyl sites for hydroxylation is 2. The number of nitrogens with one attached hydrogen (secondary N) is 2. The molecule has 1 aromatic carbocycles. The number of hydrogen-bond donors (Lipinski definition) is 2. The minimum absolute atomic E-state index is 0.0955. The van der Waals surface area contributed by atoms with E-state index in [0.717, 1.165) is 44.2 Å². The van der Waals surface area contributed by atoms with Crippen LogP contribution in [0.1, 0.15) is 62.8 Å². The molecule has 0 bridgehead atoms. The molecule has 28 heavy (non-hydrogen) atoms. The van der Waals surface area contributed by atoms with Crippen LogP contribution in [0.3, 0.4) is 0 Å². The summed E-state index contributed by atoms with van der Waals surface area (Å²) in [6.07, 6.45) is 6.15. The normalized spacial score (nSPS) is 16.0. The van der Waals surface area contributed by atoms with E-state index in [4.69, 9.17) is 0 Å². The molecule has 2 amide bonds. The topological polar surface area (TPSA) is 78.5 Å². The van der Waals surface area contributed by atoms with Gasteiger partial charge in [0, 0.05) is 24.3 Å². The Labute approximate surface area is 169 Å². The first kappa shape index (κ1) is 21.1. The van der Waals surface area contributed by atoms with Crippen LogP contribution in [-0.2, 0) is 35.7 Å². The van der Waals surface area contributed by atoms with Crippen molar-refractivity contribution in [1.29, 1.82) is 0 Å². The number of carbonyl (C=O) groups is 1. The number of carbonyl (C=O) groups excluding carboxylic acids is 1. The van der Waals surface area contributed by atoms with Gasteiger partial charge < -0.3 is 5.32 Å². The van der Waals surface area contributed by atoms with Crippen molar-refractivity contribution in [3.63, 3.8) is 0 Å². The summed E-state index contributed by atoms with van der Waals surface area (Å²) >= 11 is 0. The molecule has 0 spiro atoms. The summed E-state index contributed by atoms with van der Waals surface area (Å²) in [4.78, 5) is 14.6. The van der Waals surface area contributed by atoms with Crippen LogP contribution in [0.4, 0.5) is 10.5 Å². The molecule has 0 saturated carbocycles. The number of urea groups is 1. The molecule has 0 atom stereocenters. The summed E-state index contributed by atoms with van der Waals surface area (Å²) in [7, 11) is -3.69. The summed E-state index contributed by atoms with van der Waals surface area (Å²) < 4.78 is 27.1. The lowest BCUT2D eigenvalue weighted by Crippen LogP contribution is -2.43.